The summed E-state index contributed by atoms with van der Waals surface area (Å²) < 4.78 is 31.7. The van der Waals surface area contributed by atoms with Crippen molar-refractivity contribution in [3.05, 3.63) is 22.4 Å². The molecule has 15 heteroatoms. The molecule has 0 unspecified atom stereocenters. The third-order valence-electron chi connectivity index (χ3n) is 5.58. The minimum atomic E-state index is -5.08. The van der Waals surface area contributed by atoms with E-state index in [4.69, 9.17) is 21.0 Å². The van der Waals surface area contributed by atoms with Crippen LogP contribution >= 0.6 is 23.1 Å². The normalized spacial score (nSPS) is 18.9. The van der Waals surface area contributed by atoms with Gasteiger partial charge in [-0.3, -0.25) is 20.3 Å². The average molecular weight is 551 g/mol. The Morgan fingerprint density at radius 1 is 1.31 bits per heavy atom. The monoisotopic (exact) mass is 550 g/mol. The molecule has 2 saturated heterocycles. The Morgan fingerprint density at radius 3 is 2.53 bits per heavy atom. The molecule has 0 spiro atoms. The number of carbonyl (C=O) groups excluding carboxylic acids is 2. The highest BCUT2D eigenvalue weighted by Gasteiger charge is 2.38. The summed E-state index contributed by atoms with van der Waals surface area (Å²) in [6, 6.07) is 6.04. The highest BCUT2D eigenvalue weighted by molar-refractivity contribution is 7.99. The molecule has 1 atom stereocenters. The average Bonchev–Trinajstić information content (AvgIpc) is 3.51. The summed E-state index contributed by atoms with van der Waals surface area (Å²) in [6.45, 7) is 2.76. The fourth-order valence-electron chi connectivity index (χ4n) is 3.62. The van der Waals surface area contributed by atoms with Gasteiger partial charge in [0.05, 0.1) is 25.0 Å². The predicted molar refractivity (Wildman–Crippen MR) is 129 cm³/mol. The fourth-order valence-corrected chi connectivity index (χ4v) is 5.43. The number of thioether (sulfide) groups is 1. The zero-order valence-corrected chi connectivity index (χ0v) is 21.1. The Bertz CT molecular complexity index is 904. The summed E-state index contributed by atoms with van der Waals surface area (Å²) in [6.07, 6.45) is -2.57. The molecule has 2 amide bonds. The number of hydrazine groups is 1. The van der Waals surface area contributed by atoms with E-state index in [1.165, 1.54) is 4.88 Å². The van der Waals surface area contributed by atoms with E-state index in [0.717, 1.165) is 32.4 Å². The molecule has 10 nitrogen and oxygen atoms in total. The molecule has 0 aromatic carbocycles. The molecule has 0 aliphatic carbocycles. The molecule has 0 bridgehead atoms. The third-order valence-corrected chi connectivity index (χ3v) is 7.53. The second-order valence-electron chi connectivity index (χ2n) is 8.17. The summed E-state index contributed by atoms with van der Waals surface area (Å²) in [4.78, 5) is 38.5. The largest absolute Gasteiger partial charge is 0.490 e. The third kappa shape index (κ3) is 9.94. The molecule has 3 heterocycles. The zero-order valence-electron chi connectivity index (χ0n) is 19.4. The molecule has 1 aromatic rings. The lowest BCUT2D eigenvalue weighted by molar-refractivity contribution is -0.192. The number of carboxylic acids is 1. The first-order chi connectivity index (χ1) is 17.0. The Kier molecular flexibility index (Phi) is 11.9. The number of carbonyl (C=O) groups is 3. The molecule has 0 radical (unpaired) electrons. The van der Waals surface area contributed by atoms with Crippen LogP contribution in [0, 0.1) is 11.3 Å². The first-order valence-electron chi connectivity index (χ1n) is 11.1. The number of nitriles is 1. The standard InChI is InChI=1S/C19H28N6O2S2.C2HF3O2/c20-10-16-13-28-14-24(16)19(27)12-25(21)15-4-7-23(8-5-15)11-18(26)22-6-3-17-2-1-9-29-17;3-2(4,5)1(6)7/h1-2,9,15-16H,3-8,11-14,21H2,(H,22,26);(H,6,7)/t16-;/m1./s1. The van der Waals surface area contributed by atoms with Gasteiger partial charge in [0.2, 0.25) is 11.8 Å². The summed E-state index contributed by atoms with van der Waals surface area (Å²) in [7, 11) is 0. The number of hydrogen-bond donors (Lipinski definition) is 3. The van der Waals surface area contributed by atoms with E-state index in [2.05, 4.69) is 22.4 Å². The maximum absolute atomic E-state index is 12.4. The van der Waals surface area contributed by atoms with Crippen molar-refractivity contribution in [2.75, 3.05) is 44.4 Å². The lowest BCUT2D eigenvalue weighted by atomic mass is 10.0. The smallest absolute Gasteiger partial charge is 0.475 e. The van der Waals surface area contributed by atoms with Crippen LogP contribution < -0.4 is 11.2 Å². The lowest BCUT2D eigenvalue weighted by Crippen LogP contribution is -2.53. The number of halogens is 3. The highest BCUT2D eigenvalue weighted by atomic mass is 32.2. The fraction of sp³-hybridized carbons (Fsp3) is 0.619. The van der Waals surface area contributed by atoms with E-state index in [9.17, 15) is 22.8 Å². The van der Waals surface area contributed by atoms with E-state index >= 15 is 0 Å². The second kappa shape index (κ2) is 14.4. The molecule has 36 heavy (non-hydrogen) atoms. The second-order valence-corrected chi connectivity index (χ2v) is 10.2. The van der Waals surface area contributed by atoms with Crippen molar-refractivity contribution in [1.82, 2.24) is 20.1 Å². The number of rotatable bonds is 8. The number of aliphatic carboxylic acids is 1. The molecular formula is C21H29F3N6O4S2. The SMILES string of the molecule is N#C[C@@H]1CSCN1C(=O)CN(N)C1CCN(CC(=O)NCCc2cccs2)CC1.O=C(O)C(F)(F)F. The number of nitrogens with one attached hydrogen (secondary N) is 1. The maximum atomic E-state index is 12.4. The van der Waals surface area contributed by atoms with Crippen LogP contribution in [-0.4, -0.2) is 100 Å². The number of thiophene rings is 1. The van der Waals surface area contributed by atoms with Gasteiger partial charge in [0.25, 0.3) is 0 Å². The van der Waals surface area contributed by atoms with Gasteiger partial charge in [0.1, 0.15) is 6.04 Å². The Balaban J connectivity index is 0.000000572. The van der Waals surface area contributed by atoms with Crippen molar-refractivity contribution >= 4 is 40.9 Å². The summed E-state index contributed by atoms with van der Waals surface area (Å²) >= 11 is 3.30. The minimum Gasteiger partial charge on any atom is -0.475 e. The topological polar surface area (TPSA) is 143 Å². The first kappa shape index (κ1) is 29.8. The molecule has 2 fully saturated rings. The number of alkyl halides is 3. The van der Waals surface area contributed by atoms with Gasteiger partial charge in [-0.2, -0.15) is 18.4 Å². The van der Waals surface area contributed by atoms with Gasteiger partial charge in [-0.05, 0) is 30.7 Å². The van der Waals surface area contributed by atoms with Crippen LogP contribution in [0.2, 0.25) is 0 Å². The van der Waals surface area contributed by atoms with E-state index in [0.29, 0.717) is 24.7 Å². The van der Waals surface area contributed by atoms with Gasteiger partial charge < -0.3 is 15.3 Å². The Morgan fingerprint density at radius 2 is 1.97 bits per heavy atom. The lowest BCUT2D eigenvalue weighted by Gasteiger charge is -2.36. The Labute approximate surface area is 215 Å². The van der Waals surface area contributed by atoms with Crippen molar-refractivity contribution in [3.8, 4) is 6.07 Å². The molecule has 200 valence electrons. The quantitative estimate of drug-likeness (QED) is 0.320. The van der Waals surface area contributed by atoms with Crippen LogP contribution in [0.1, 0.15) is 17.7 Å². The van der Waals surface area contributed by atoms with E-state index < -0.39 is 12.1 Å². The summed E-state index contributed by atoms with van der Waals surface area (Å²) in [5.41, 5.74) is 0. The number of hydrogen-bond acceptors (Lipinski definition) is 9. The first-order valence-corrected chi connectivity index (χ1v) is 13.1. The minimum absolute atomic E-state index is 0.0499. The molecule has 2 aliphatic rings. The number of likely N-dealkylation sites (tertiary alicyclic amines) is 1. The maximum Gasteiger partial charge on any atom is 0.490 e. The molecule has 1 aromatic heterocycles. The molecular weight excluding hydrogens is 521 g/mol. The number of nitrogens with zero attached hydrogens (tertiary/aromatic N) is 4. The van der Waals surface area contributed by atoms with Gasteiger partial charge in [0, 0.05) is 36.3 Å². The van der Waals surface area contributed by atoms with Crippen LogP contribution in [0.4, 0.5) is 13.2 Å². The van der Waals surface area contributed by atoms with Gasteiger partial charge in [-0.15, -0.1) is 23.1 Å². The van der Waals surface area contributed by atoms with E-state index in [1.807, 2.05) is 11.4 Å². The predicted octanol–water partition coefficient (Wildman–Crippen LogP) is 1.11. The van der Waals surface area contributed by atoms with Crippen molar-refractivity contribution in [1.29, 1.82) is 5.26 Å². The summed E-state index contributed by atoms with van der Waals surface area (Å²) in [5, 5.41) is 22.9. The van der Waals surface area contributed by atoms with Gasteiger partial charge in [-0.25, -0.2) is 9.80 Å². The number of piperidine rings is 1. The number of carboxylic acid groups (broad SMARTS) is 1. The van der Waals surface area contributed by atoms with E-state index in [1.54, 1.807) is 33.0 Å². The molecule has 4 N–H and O–H groups in total. The molecule has 2 aliphatic heterocycles. The Hall–Kier alpha value is -2.38. The van der Waals surface area contributed by atoms with Crippen LogP contribution in [0.25, 0.3) is 0 Å². The van der Waals surface area contributed by atoms with Gasteiger partial charge in [0.15, 0.2) is 0 Å². The van der Waals surface area contributed by atoms with Crippen LogP contribution in [0.3, 0.4) is 0 Å². The molecule has 3 rings (SSSR count). The molecule has 0 saturated carbocycles. The van der Waals surface area contributed by atoms with Crippen LogP contribution in [0.15, 0.2) is 17.5 Å². The van der Waals surface area contributed by atoms with E-state index in [-0.39, 0.29) is 30.4 Å². The number of nitrogens with two attached hydrogens (primary N) is 1. The van der Waals surface area contributed by atoms with Crippen molar-refractivity contribution in [2.45, 2.75) is 37.5 Å². The van der Waals surface area contributed by atoms with Crippen LogP contribution in [-0.2, 0) is 20.8 Å². The van der Waals surface area contributed by atoms with Gasteiger partial charge >= 0.3 is 12.1 Å². The van der Waals surface area contributed by atoms with Crippen LogP contribution in [0.5, 0.6) is 0 Å². The zero-order chi connectivity index (χ0) is 26.7. The van der Waals surface area contributed by atoms with Gasteiger partial charge in [-0.1, -0.05) is 6.07 Å². The van der Waals surface area contributed by atoms with Crippen molar-refractivity contribution in [2.24, 2.45) is 5.84 Å². The summed E-state index contributed by atoms with van der Waals surface area (Å²) in [5.74, 6) is 4.60. The van der Waals surface area contributed by atoms with Crippen molar-refractivity contribution < 1.29 is 32.7 Å². The highest BCUT2D eigenvalue weighted by Crippen LogP contribution is 2.21. The number of amides is 2. The van der Waals surface area contributed by atoms with Crippen molar-refractivity contribution in [3.63, 3.8) is 0 Å².